The molecule has 314 valence electrons. The Morgan fingerprint density at radius 2 is 0.559 bits per heavy atom. The topological polar surface area (TPSA) is 67.3 Å². The van der Waals surface area contributed by atoms with E-state index in [1.54, 1.807) is 6.07 Å². The van der Waals surface area contributed by atoms with Gasteiger partial charge in [-0.2, -0.15) is 10.5 Å². The summed E-state index contributed by atoms with van der Waals surface area (Å²) < 4.78 is 9.26. The molecule has 0 N–H and O–H groups in total. The standard InChI is InChI=1S/C62H36N6/c63-37-40-32-41(38-64)62(68-55-31-17-13-27-47(55)51-34-57-49(36-59(51)68)45-25-11-15-29-53(45)66(57)43-22-8-3-9-23-43)60(39-18-4-1-5-19-39)61(40)67-54-30-16-12-26-46(54)50-33-56-48(35-58(50)67)44-24-10-14-28-52(44)65(56)42-20-6-2-7-21-42/h1-36H. The van der Waals surface area contributed by atoms with Gasteiger partial charge >= 0.3 is 0 Å². The van der Waals surface area contributed by atoms with Gasteiger partial charge in [0.15, 0.2) is 0 Å². The minimum Gasteiger partial charge on any atom is -0.309 e. The second kappa shape index (κ2) is 14.4. The maximum atomic E-state index is 11.4. The minimum atomic E-state index is 0.410. The van der Waals surface area contributed by atoms with E-state index in [9.17, 15) is 10.5 Å². The summed E-state index contributed by atoms with van der Waals surface area (Å²) in [6.45, 7) is 0. The minimum absolute atomic E-state index is 0.410. The molecule has 14 rings (SSSR count). The quantitative estimate of drug-likeness (QED) is 0.173. The molecule has 0 saturated heterocycles. The molecule has 68 heavy (non-hydrogen) atoms. The summed E-state index contributed by atoms with van der Waals surface area (Å²) in [5.74, 6) is 0. The highest BCUT2D eigenvalue weighted by molar-refractivity contribution is 6.21. The zero-order valence-electron chi connectivity index (χ0n) is 36.5. The molecule has 0 aliphatic heterocycles. The summed E-state index contributed by atoms with van der Waals surface area (Å²) in [4.78, 5) is 0. The molecule has 0 aliphatic rings. The van der Waals surface area contributed by atoms with Crippen molar-refractivity contribution in [2.45, 2.75) is 0 Å². The summed E-state index contributed by atoms with van der Waals surface area (Å²) in [7, 11) is 0. The van der Waals surface area contributed by atoms with Crippen LogP contribution in [0.2, 0.25) is 0 Å². The van der Waals surface area contributed by atoms with Crippen LogP contribution in [-0.4, -0.2) is 18.3 Å². The number of para-hydroxylation sites is 6. The first kappa shape index (κ1) is 37.7. The van der Waals surface area contributed by atoms with E-state index in [1.807, 2.05) is 18.2 Å². The summed E-state index contributed by atoms with van der Waals surface area (Å²) in [6.07, 6.45) is 0. The van der Waals surface area contributed by atoms with Crippen molar-refractivity contribution in [1.29, 1.82) is 10.5 Å². The maximum Gasteiger partial charge on any atom is 0.101 e. The molecule has 0 spiro atoms. The number of hydrogen-bond donors (Lipinski definition) is 0. The predicted molar refractivity (Wildman–Crippen MR) is 279 cm³/mol. The number of benzene rings is 10. The molecule has 10 aromatic carbocycles. The van der Waals surface area contributed by atoms with Crippen molar-refractivity contribution < 1.29 is 0 Å². The molecule has 14 aromatic rings. The van der Waals surface area contributed by atoms with Crippen molar-refractivity contribution in [3.8, 4) is 46.0 Å². The van der Waals surface area contributed by atoms with E-state index < -0.39 is 0 Å². The second-order valence-electron chi connectivity index (χ2n) is 17.5. The lowest BCUT2D eigenvalue weighted by molar-refractivity contribution is 1.12. The van der Waals surface area contributed by atoms with E-state index in [-0.39, 0.29) is 0 Å². The zero-order valence-corrected chi connectivity index (χ0v) is 36.5. The first-order valence-corrected chi connectivity index (χ1v) is 22.8. The Bertz CT molecular complexity index is 4230. The number of rotatable bonds is 5. The predicted octanol–water partition coefficient (Wildman–Crippen LogP) is 15.5. The zero-order chi connectivity index (χ0) is 45.0. The van der Waals surface area contributed by atoms with Crippen molar-refractivity contribution in [3.63, 3.8) is 0 Å². The lowest BCUT2D eigenvalue weighted by atomic mass is 9.93. The second-order valence-corrected chi connectivity index (χ2v) is 17.5. The number of nitriles is 2. The van der Waals surface area contributed by atoms with Gasteiger partial charge in [-0.1, -0.05) is 140 Å². The van der Waals surface area contributed by atoms with E-state index >= 15 is 0 Å². The average Bonchev–Trinajstić information content (AvgIpc) is 4.11. The SMILES string of the molecule is N#Cc1cc(C#N)c(-n2c3ccccc3c3cc4c(cc32)c2ccccc2n4-c2ccccc2)c(-c2ccccc2)c1-n1c2ccccc2c2cc3c(cc21)c1ccccc1n3-c1ccccc1. The third-order valence-electron chi connectivity index (χ3n) is 14.0. The summed E-state index contributed by atoms with van der Waals surface area (Å²) in [6, 6.07) is 81.8. The fourth-order valence-corrected chi connectivity index (χ4v) is 11.2. The number of hydrogen-bond acceptors (Lipinski definition) is 2. The molecule has 6 heteroatoms. The van der Waals surface area contributed by atoms with Crippen molar-refractivity contribution in [3.05, 3.63) is 230 Å². The summed E-state index contributed by atoms with van der Waals surface area (Å²) >= 11 is 0. The lowest BCUT2D eigenvalue weighted by Crippen LogP contribution is -2.08. The van der Waals surface area contributed by atoms with Gasteiger partial charge in [0.2, 0.25) is 0 Å². The molecule has 0 atom stereocenters. The molecule has 0 bridgehead atoms. The van der Waals surface area contributed by atoms with E-state index in [0.29, 0.717) is 11.1 Å². The van der Waals surface area contributed by atoms with Gasteiger partial charge < -0.3 is 18.3 Å². The monoisotopic (exact) mass is 864 g/mol. The Labute approximate surface area is 389 Å². The third-order valence-corrected chi connectivity index (χ3v) is 14.0. The van der Waals surface area contributed by atoms with Crippen molar-refractivity contribution in [2.24, 2.45) is 0 Å². The molecule has 0 radical (unpaired) electrons. The fraction of sp³-hybridized carbons (Fsp3) is 0. The lowest BCUT2D eigenvalue weighted by Gasteiger charge is -2.22. The van der Waals surface area contributed by atoms with Crippen LogP contribution in [0.25, 0.3) is 121 Å². The van der Waals surface area contributed by atoms with Crippen LogP contribution in [0.1, 0.15) is 11.1 Å². The first-order chi connectivity index (χ1) is 33.7. The Hall–Kier alpha value is -9.62. The Balaban J connectivity index is 1.16. The van der Waals surface area contributed by atoms with Gasteiger partial charge in [-0.25, -0.2) is 0 Å². The smallest absolute Gasteiger partial charge is 0.101 e. The normalized spacial score (nSPS) is 11.8. The van der Waals surface area contributed by atoms with Gasteiger partial charge in [-0.05, 0) is 84.4 Å². The molecule has 0 fully saturated rings. The van der Waals surface area contributed by atoms with Gasteiger partial charge in [0.25, 0.3) is 0 Å². The van der Waals surface area contributed by atoms with Gasteiger partial charge in [-0.15, -0.1) is 0 Å². The molecule has 4 aromatic heterocycles. The van der Waals surface area contributed by atoms with Crippen LogP contribution >= 0.6 is 0 Å². The van der Waals surface area contributed by atoms with Gasteiger partial charge in [0.05, 0.1) is 66.6 Å². The fourth-order valence-electron chi connectivity index (χ4n) is 11.2. The molecule has 0 aliphatic carbocycles. The average molecular weight is 865 g/mol. The van der Waals surface area contributed by atoms with Gasteiger partial charge in [-0.3, -0.25) is 0 Å². The van der Waals surface area contributed by atoms with Crippen molar-refractivity contribution >= 4 is 87.2 Å². The summed E-state index contributed by atoms with van der Waals surface area (Å²) in [5.41, 5.74) is 14.4. The van der Waals surface area contributed by atoms with Crippen LogP contribution in [-0.2, 0) is 0 Å². The maximum absolute atomic E-state index is 11.4. The Morgan fingerprint density at radius 3 is 0.912 bits per heavy atom. The van der Waals surface area contributed by atoms with Crippen LogP contribution < -0.4 is 0 Å². The van der Waals surface area contributed by atoms with Crippen LogP contribution in [0.5, 0.6) is 0 Å². The van der Waals surface area contributed by atoms with Crippen LogP contribution in [0.3, 0.4) is 0 Å². The van der Waals surface area contributed by atoms with E-state index in [1.165, 1.54) is 0 Å². The number of nitrogens with zero attached hydrogens (tertiary/aromatic N) is 6. The highest BCUT2D eigenvalue weighted by Crippen LogP contribution is 2.47. The molecule has 0 saturated carbocycles. The molecular weight excluding hydrogens is 829 g/mol. The van der Waals surface area contributed by atoms with E-state index in [4.69, 9.17) is 0 Å². The summed E-state index contributed by atoms with van der Waals surface area (Å²) in [5, 5.41) is 31.5. The van der Waals surface area contributed by atoms with Gasteiger partial charge in [0, 0.05) is 60.0 Å². The number of aromatic nitrogens is 4. The van der Waals surface area contributed by atoms with Crippen LogP contribution in [0.15, 0.2) is 218 Å². The van der Waals surface area contributed by atoms with E-state index in [0.717, 1.165) is 121 Å². The molecule has 4 heterocycles. The largest absolute Gasteiger partial charge is 0.309 e. The molecule has 0 amide bonds. The molecule has 0 unspecified atom stereocenters. The van der Waals surface area contributed by atoms with Gasteiger partial charge in [0.1, 0.15) is 12.1 Å². The third kappa shape index (κ3) is 5.20. The van der Waals surface area contributed by atoms with Crippen LogP contribution in [0, 0.1) is 22.7 Å². The number of fused-ring (bicyclic) bond motifs is 12. The van der Waals surface area contributed by atoms with Crippen molar-refractivity contribution in [1.82, 2.24) is 18.3 Å². The highest BCUT2D eigenvalue weighted by Gasteiger charge is 2.29. The Kier molecular flexibility index (Phi) is 8.01. The first-order valence-electron chi connectivity index (χ1n) is 22.8. The van der Waals surface area contributed by atoms with Crippen molar-refractivity contribution in [2.75, 3.05) is 0 Å². The molecular formula is C62H36N6. The van der Waals surface area contributed by atoms with E-state index in [2.05, 4.69) is 225 Å². The Morgan fingerprint density at radius 1 is 0.265 bits per heavy atom. The van der Waals surface area contributed by atoms with Crippen LogP contribution in [0.4, 0.5) is 0 Å². The highest BCUT2D eigenvalue weighted by atomic mass is 15.0. The molecule has 6 nitrogen and oxygen atoms in total.